The minimum Gasteiger partial charge on any atom is -0.448 e. The summed E-state index contributed by atoms with van der Waals surface area (Å²) in [6.07, 6.45) is 1.99. The number of nitrogens with one attached hydrogen (secondary N) is 1. The molecule has 0 aliphatic heterocycles. The van der Waals surface area contributed by atoms with Crippen molar-refractivity contribution < 1.29 is 13.6 Å². The van der Waals surface area contributed by atoms with E-state index in [9.17, 15) is 9.18 Å². The van der Waals surface area contributed by atoms with E-state index in [1.807, 2.05) is 47.0 Å². The van der Waals surface area contributed by atoms with Gasteiger partial charge in [-0.15, -0.1) is 10.2 Å². The predicted octanol–water partition coefficient (Wildman–Crippen LogP) is 6.66. The molecule has 40 heavy (non-hydrogen) atoms. The Hall–Kier alpha value is -5.02. The fourth-order valence-corrected chi connectivity index (χ4v) is 5.17. The fourth-order valence-electron chi connectivity index (χ4n) is 4.33. The lowest BCUT2D eigenvalue weighted by atomic mass is 10.0. The first-order chi connectivity index (χ1) is 19.6. The summed E-state index contributed by atoms with van der Waals surface area (Å²) in [4.78, 5) is 12.2. The van der Waals surface area contributed by atoms with Gasteiger partial charge in [-0.1, -0.05) is 66.7 Å². The van der Waals surface area contributed by atoms with Crippen LogP contribution in [-0.2, 0) is 6.42 Å². The molecule has 0 saturated carbocycles. The summed E-state index contributed by atoms with van der Waals surface area (Å²) in [6, 6.07) is 33.5. The van der Waals surface area contributed by atoms with E-state index in [1.165, 1.54) is 46.9 Å². The highest BCUT2D eigenvalue weighted by Crippen LogP contribution is 2.31. The number of rotatable bonds is 8. The summed E-state index contributed by atoms with van der Waals surface area (Å²) in [5.41, 5.74) is 4.65. The number of benzene rings is 4. The number of hydrogen-bond donors (Lipinski definition) is 1. The first-order valence-corrected chi connectivity index (χ1v) is 13.3. The van der Waals surface area contributed by atoms with E-state index in [1.54, 1.807) is 12.1 Å². The fraction of sp³-hybridized carbons (Fsp3) is 0.0323. The van der Waals surface area contributed by atoms with Gasteiger partial charge in [-0.3, -0.25) is 9.36 Å². The normalized spacial score (nSPS) is 11.3. The molecule has 0 unspecified atom stereocenters. The number of fused-ring (bicyclic) bond motifs is 1. The van der Waals surface area contributed by atoms with Crippen molar-refractivity contribution in [3.05, 3.63) is 138 Å². The SMILES string of the molecule is O=C(N/N=C\c1ccc(Sc2nnc(Cc3cccc4ccccc34)n2-c2ccccc2)o1)c1cccc(F)c1. The highest BCUT2D eigenvalue weighted by Gasteiger charge is 2.18. The van der Waals surface area contributed by atoms with Gasteiger partial charge in [0.2, 0.25) is 5.16 Å². The smallest absolute Gasteiger partial charge is 0.271 e. The summed E-state index contributed by atoms with van der Waals surface area (Å²) < 4.78 is 21.3. The quantitative estimate of drug-likeness (QED) is 0.170. The van der Waals surface area contributed by atoms with Crippen molar-refractivity contribution in [3.8, 4) is 5.69 Å². The van der Waals surface area contributed by atoms with Gasteiger partial charge < -0.3 is 4.42 Å². The van der Waals surface area contributed by atoms with E-state index in [0.29, 0.717) is 22.4 Å². The molecule has 1 amide bonds. The molecule has 0 spiro atoms. The van der Waals surface area contributed by atoms with Crippen molar-refractivity contribution in [2.24, 2.45) is 5.10 Å². The van der Waals surface area contributed by atoms with Gasteiger partial charge in [0, 0.05) is 17.7 Å². The zero-order valence-electron chi connectivity index (χ0n) is 21.1. The number of furan rings is 1. The Morgan fingerprint density at radius 2 is 1.73 bits per heavy atom. The van der Waals surface area contributed by atoms with Crippen LogP contribution in [0.1, 0.15) is 27.5 Å². The third-order valence-electron chi connectivity index (χ3n) is 6.18. The average Bonchev–Trinajstić information content (AvgIpc) is 3.60. The molecule has 4 aromatic carbocycles. The lowest BCUT2D eigenvalue weighted by Gasteiger charge is -2.11. The van der Waals surface area contributed by atoms with Crippen LogP contribution in [0.15, 0.2) is 129 Å². The van der Waals surface area contributed by atoms with Gasteiger partial charge in [-0.2, -0.15) is 5.10 Å². The number of halogens is 1. The third-order valence-corrected chi connectivity index (χ3v) is 7.05. The minimum absolute atomic E-state index is 0.174. The molecule has 6 aromatic rings. The summed E-state index contributed by atoms with van der Waals surface area (Å²) >= 11 is 1.34. The Balaban J connectivity index is 1.23. The lowest BCUT2D eigenvalue weighted by Crippen LogP contribution is -2.17. The average molecular weight is 548 g/mol. The van der Waals surface area contributed by atoms with E-state index in [4.69, 9.17) is 4.42 Å². The molecule has 2 heterocycles. The molecule has 9 heteroatoms. The maximum Gasteiger partial charge on any atom is 0.271 e. The van der Waals surface area contributed by atoms with Gasteiger partial charge in [0.1, 0.15) is 17.4 Å². The topological polar surface area (TPSA) is 85.3 Å². The number of carbonyl (C=O) groups is 1. The lowest BCUT2D eigenvalue weighted by molar-refractivity contribution is 0.0954. The van der Waals surface area contributed by atoms with Gasteiger partial charge in [-0.25, -0.2) is 9.82 Å². The first-order valence-electron chi connectivity index (χ1n) is 12.5. The van der Waals surface area contributed by atoms with E-state index >= 15 is 0 Å². The number of para-hydroxylation sites is 1. The number of hydrazone groups is 1. The molecule has 0 aliphatic rings. The van der Waals surface area contributed by atoms with Crippen LogP contribution >= 0.6 is 11.8 Å². The molecule has 1 N–H and O–H groups in total. The van der Waals surface area contributed by atoms with Gasteiger partial charge in [0.15, 0.2) is 5.09 Å². The van der Waals surface area contributed by atoms with Gasteiger partial charge in [0.05, 0.1) is 6.21 Å². The number of hydrogen-bond acceptors (Lipinski definition) is 6. The van der Waals surface area contributed by atoms with E-state index in [0.717, 1.165) is 23.1 Å². The molecular weight excluding hydrogens is 525 g/mol. The highest BCUT2D eigenvalue weighted by atomic mass is 32.2. The number of amides is 1. The molecule has 0 bridgehead atoms. The first kappa shape index (κ1) is 25.3. The highest BCUT2D eigenvalue weighted by molar-refractivity contribution is 7.99. The monoisotopic (exact) mass is 547 g/mol. The van der Waals surface area contributed by atoms with Crippen molar-refractivity contribution in [3.63, 3.8) is 0 Å². The Labute approximate surface area is 233 Å². The second-order valence-electron chi connectivity index (χ2n) is 8.85. The van der Waals surface area contributed by atoms with Crippen molar-refractivity contribution in [2.45, 2.75) is 16.7 Å². The summed E-state index contributed by atoms with van der Waals surface area (Å²) in [5, 5.41) is 16.6. The van der Waals surface area contributed by atoms with Gasteiger partial charge in [-0.05, 0) is 70.6 Å². The van der Waals surface area contributed by atoms with Crippen molar-refractivity contribution >= 4 is 34.7 Å². The summed E-state index contributed by atoms with van der Waals surface area (Å²) in [7, 11) is 0. The largest absolute Gasteiger partial charge is 0.448 e. The van der Waals surface area contributed by atoms with Crippen molar-refractivity contribution in [1.82, 2.24) is 20.2 Å². The zero-order valence-corrected chi connectivity index (χ0v) is 21.9. The van der Waals surface area contributed by atoms with Crippen LogP contribution in [0.25, 0.3) is 16.5 Å². The maximum absolute atomic E-state index is 13.4. The van der Waals surface area contributed by atoms with Crippen LogP contribution in [0.4, 0.5) is 4.39 Å². The molecule has 2 aromatic heterocycles. The Kier molecular flexibility index (Phi) is 7.19. The van der Waals surface area contributed by atoms with E-state index in [2.05, 4.69) is 51.1 Å². The summed E-state index contributed by atoms with van der Waals surface area (Å²) in [6.45, 7) is 0. The molecule has 0 fully saturated rings. The van der Waals surface area contributed by atoms with Crippen molar-refractivity contribution in [2.75, 3.05) is 0 Å². The molecule has 0 saturated heterocycles. The number of aromatic nitrogens is 3. The Morgan fingerprint density at radius 3 is 2.60 bits per heavy atom. The second-order valence-corrected chi connectivity index (χ2v) is 9.82. The van der Waals surface area contributed by atoms with E-state index < -0.39 is 11.7 Å². The molecule has 6 rings (SSSR count). The molecule has 0 aliphatic carbocycles. The van der Waals surface area contributed by atoms with Crippen LogP contribution in [-0.4, -0.2) is 26.9 Å². The number of nitrogens with zero attached hydrogens (tertiary/aromatic N) is 4. The van der Waals surface area contributed by atoms with Crippen LogP contribution in [0.5, 0.6) is 0 Å². The molecule has 7 nitrogen and oxygen atoms in total. The number of carbonyl (C=O) groups excluding carboxylic acids is 1. The van der Waals surface area contributed by atoms with Crippen LogP contribution in [0, 0.1) is 5.82 Å². The standard InChI is InChI=1S/C31H22FN5O2S/c32-24-12-7-11-23(18-24)30(38)35-33-20-26-16-17-29(39-26)40-31-36-34-28(37(31)25-13-2-1-3-14-25)19-22-10-6-9-21-8-4-5-15-27(21)22/h1-18,20H,19H2,(H,35,38)/b33-20-. The predicted molar refractivity (Wildman–Crippen MR) is 152 cm³/mol. The summed E-state index contributed by atoms with van der Waals surface area (Å²) in [5.74, 6) is 0.224. The van der Waals surface area contributed by atoms with Crippen LogP contribution < -0.4 is 5.43 Å². The minimum atomic E-state index is -0.522. The Morgan fingerprint density at radius 1 is 0.925 bits per heavy atom. The van der Waals surface area contributed by atoms with Gasteiger partial charge in [0.25, 0.3) is 5.91 Å². The second kappa shape index (κ2) is 11.4. The van der Waals surface area contributed by atoms with Crippen LogP contribution in [0.3, 0.4) is 0 Å². The van der Waals surface area contributed by atoms with Gasteiger partial charge >= 0.3 is 0 Å². The van der Waals surface area contributed by atoms with Crippen molar-refractivity contribution in [1.29, 1.82) is 0 Å². The maximum atomic E-state index is 13.4. The molecular formula is C31H22FN5O2S. The van der Waals surface area contributed by atoms with Crippen LogP contribution in [0.2, 0.25) is 0 Å². The molecule has 0 radical (unpaired) electrons. The Bertz CT molecular complexity index is 1830. The molecule has 0 atom stereocenters. The molecule has 196 valence electrons. The van der Waals surface area contributed by atoms with E-state index in [-0.39, 0.29) is 5.56 Å². The zero-order chi connectivity index (χ0) is 27.3. The third kappa shape index (κ3) is 5.55.